The molecule has 0 spiro atoms. The quantitative estimate of drug-likeness (QED) is 0.335. The molecule has 0 bridgehead atoms. The van der Waals surface area contributed by atoms with E-state index in [1.54, 1.807) is 35.2 Å². The number of piperazine rings is 1. The highest BCUT2D eigenvalue weighted by Gasteiger charge is 2.27. The standard InChI is InChI=1S/C28H40N4O4S/c1-22(2)21-26(31-28(34)32-18-16-29-17-19-32)27(33)30-24(14-13-23-9-5-3-6-10-23)15-20-37(35,36)25-11-7-4-8-12-25/h3-12,20,22,24,26,29H,13-19,21H2,1-2H3,(H,30,33)(H,31,34)(H,35,36)/t24-,26-/m0/s1. The largest absolute Gasteiger partial charge is 0.351 e. The van der Waals surface area contributed by atoms with Gasteiger partial charge in [0.05, 0.1) is 4.90 Å². The maximum absolute atomic E-state index is 13.4. The summed E-state index contributed by atoms with van der Waals surface area (Å²) in [6.07, 6.45) is 2.03. The zero-order chi connectivity index (χ0) is 26.7. The summed E-state index contributed by atoms with van der Waals surface area (Å²) in [5.74, 6) is -0.0736. The minimum absolute atomic E-state index is 0.197. The van der Waals surface area contributed by atoms with E-state index in [1.165, 1.54) is 5.37 Å². The van der Waals surface area contributed by atoms with Gasteiger partial charge in [-0.1, -0.05) is 62.4 Å². The van der Waals surface area contributed by atoms with Crippen LogP contribution in [0, 0.1) is 5.92 Å². The average Bonchev–Trinajstić information content (AvgIpc) is 2.91. The topological polar surface area (TPSA) is 111 Å². The van der Waals surface area contributed by atoms with E-state index in [1.807, 2.05) is 44.2 Å². The van der Waals surface area contributed by atoms with E-state index in [2.05, 4.69) is 16.0 Å². The first-order chi connectivity index (χ1) is 17.7. The molecule has 37 heavy (non-hydrogen) atoms. The van der Waals surface area contributed by atoms with E-state index in [0.29, 0.717) is 37.2 Å². The lowest BCUT2D eigenvalue weighted by Crippen LogP contribution is -2.56. The molecule has 1 saturated heterocycles. The van der Waals surface area contributed by atoms with Gasteiger partial charge < -0.3 is 25.4 Å². The predicted octanol–water partition coefficient (Wildman–Crippen LogP) is 3.14. The highest BCUT2D eigenvalue weighted by atomic mass is 32.2. The fraction of sp³-hybridized carbons (Fsp3) is 0.464. The number of carbonyl (C=O) groups excluding carboxylic acids is 2. The number of carbonyl (C=O) groups is 2. The first-order valence-electron chi connectivity index (χ1n) is 13.0. The van der Waals surface area contributed by atoms with Gasteiger partial charge >= 0.3 is 6.03 Å². The van der Waals surface area contributed by atoms with Crippen LogP contribution in [-0.4, -0.2) is 69.2 Å². The third-order valence-corrected chi connectivity index (χ3v) is 7.98. The van der Waals surface area contributed by atoms with Gasteiger partial charge in [0, 0.05) is 37.6 Å². The Labute approximate surface area is 221 Å². The highest BCUT2D eigenvalue weighted by Crippen LogP contribution is 2.13. The molecule has 0 saturated carbocycles. The molecule has 3 atom stereocenters. The van der Waals surface area contributed by atoms with Crippen LogP contribution in [-0.2, 0) is 21.0 Å². The maximum atomic E-state index is 13.4. The summed E-state index contributed by atoms with van der Waals surface area (Å²) < 4.78 is 23.6. The number of rotatable bonds is 11. The van der Waals surface area contributed by atoms with Crippen molar-refractivity contribution < 1.29 is 18.4 Å². The Balaban J connectivity index is 1.74. The van der Waals surface area contributed by atoms with Crippen molar-refractivity contribution in [1.29, 1.82) is 0 Å². The summed E-state index contributed by atoms with van der Waals surface area (Å²) in [4.78, 5) is 28.3. The van der Waals surface area contributed by atoms with Crippen LogP contribution in [0.2, 0.25) is 0 Å². The third-order valence-electron chi connectivity index (χ3n) is 6.38. The molecular formula is C28H40N4O4S. The zero-order valence-corrected chi connectivity index (χ0v) is 22.6. The summed E-state index contributed by atoms with van der Waals surface area (Å²) >= 11 is 0. The summed E-state index contributed by atoms with van der Waals surface area (Å²) in [5, 5.41) is 10.6. The fourth-order valence-corrected chi connectivity index (χ4v) is 5.54. The third kappa shape index (κ3) is 9.50. The van der Waals surface area contributed by atoms with Gasteiger partial charge in [-0.05, 0) is 49.3 Å². The highest BCUT2D eigenvalue weighted by molar-refractivity contribution is 7.96. The van der Waals surface area contributed by atoms with Gasteiger partial charge in [-0.15, -0.1) is 0 Å². The van der Waals surface area contributed by atoms with Crippen molar-refractivity contribution >= 4 is 27.1 Å². The smallest absolute Gasteiger partial charge is 0.318 e. The average molecular weight is 529 g/mol. The molecule has 4 N–H and O–H groups in total. The van der Waals surface area contributed by atoms with Crippen molar-refractivity contribution in [3.05, 3.63) is 66.2 Å². The molecule has 1 aliphatic rings. The number of benzene rings is 2. The summed E-state index contributed by atoms with van der Waals surface area (Å²) in [6.45, 7) is 6.68. The van der Waals surface area contributed by atoms with E-state index in [9.17, 15) is 18.4 Å². The number of amides is 3. The predicted molar refractivity (Wildman–Crippen MR) is 149 cm³/mol. The van der Waals surface area contributed by atoms with Crippen LogP contribution in [0.3, 0.4) is 0 Å². The second kappa shape index (κ2) is 14.2. The molecule has 0 radical (unpaired) electrons. The number of aryl methyl sites for hydroxylation is 1. The Hall–Kier alpha value is -2.88. The van der Waals surface area contributed by atoms with E-state index in [4.69, 9.17) is 0 Å². The van der Waals surface area contributed by atoms with Crippen LogP contribution in [0.15, 0.2) is 65.6 Å². The molecule has 1 heterocycles. The minimum atomic E-state index is -3.36. The number of hydrogen-bond donors (Lipinski definition) is 4. The van der Waals surface area contributed by atoms with Crippen molar-refractivity contribution in [2.45, 2.75) is 56.5 Å². The molecule has 0 aliphatic carbocycles. The molecule has 3 amide bonds. The second-order valence-electron chi connectivity index (χ2n) is 9.88. The minimum Gasteiger partial charge on any atom is -0.351 e. The summed E-state index contributed by atoms with van der Waals surface area (Å²) in [5.41, 5.74) is 1.13. The molecular weight excluding hydrogens is 488 g/mol. The van der Waals surface area contributed by atoms with Gasteiger partial charge in [0.2, 0.25) is 5.91 Å². The Morgan fingerprint density at radius 2 is 1.65 bits per heavy atom. The van der Waals surface area contributed by atoms with Crippen LogP contribution in [0.25, 0.3) is 0 Å². The molecule has 2 aromatic carbocycles. The number of nitrogens with one attached hydrogen (secondary N) is 3. The van der Waals surface area contributed by atoms with E-state index < -0.39 is 15.8 Å². The van der Waals surface area contributed by atoms with Crippen molar-refractivity contribution in [2.75, 3.05) is 26.2 Å². The van der Waals surface area contributed by atoms with Gasteiger partial charge in [0.25, 0.3) is 0 Å². The summed E-state index contributed by atoms with van der Waals surface area (Å²) in [7, 11) is -3.36. The Kier molecular flexibility index (Phi) is 11.0. The van der Waals surface area contributed by atoms with Crippen molar-refractivity contribution in [1.82, 2.24) is 20.9 Å². The zero-order valence-electron chi connectivity index (χ0n) is 21.8. The lowest BCUT2D eigenvalue weighted by atomic mass is 10.0. The lowest BCUT2D eigenvalue weighted by Gasteiger charge is -2.30. The van der Waals surface area contributed by atoms with Crippen molar-refractivity contribution in [2.24, 2.45) is 5.92 Å². The van der Waals surface area contributed by atoms with Crippen molar-refractivity contribution in [3.8, 4) is 0 Å². The Bertz CT molecular complexity index is 1110. The van der Waals surface area contributed by atoms with E-state index in [0.717, 1.165) is 18.7 Å². The monoisotopic (exact) mass is 528 g/mol. The van der Waals surface area contributed by atoms with Crippen LogP contribution in [0.5, 0.6) is 0 Å². The molecule has 1 aliphatic heterocycles. The molecule has 2 aromatic rings. The number of hydrogen-bond acceptors (Lipinski definition) is 4. The van der Waals surface area contributed by atoms with Crippen molar-refractivity contribution in [3.63, 3.8) is 0 Å². The molecule has 0 aromatic heterocycles. The van der Waals surface area contributed by atoms with E-state index >= 15 is 0 Å². The van der Waals surface area contributed by atoms with Crippen LogP contribution < -0.4 is 16.0 Å². The van der Waals surface area contributed by atoms with E-state index in [-0.39, 0.29) is 30.3 Å². The molecule has 1 unspecified atom stereocenters. The molecule has 9 heteroatoms. The fourth-order valence-electron chi connectivity index (χ4n) is 4.31. The van der Waals surface area contributed by atoms with Crippen LogP contribution >= 0.6 is 0 Å². The van der Waals surface area contributed by atoms with Gasteiger partial charge in [0.1, 0.15) is 15.8 Å². The molecule has 8 nitrogen and oxygen atoms in total. The first kappa shape index (κ1) is 28.7. The number of nitrogens with zero attached hydrogens (tertiary/aromatic N) is 1. The van der Waals surface area contributed by atoms with Gasteiger partial charge in [0.15, 0.2) is 0 Å². The molecule has 3 rings (SSSR count). The lowest BCUT2D eigenvalue weighted by molar-refractivity contribution is -0.124. The Morgan fingerprint density at radius 3 is 2.27 bits per heavy atom. The normalized spacial score (nSPS) is 16.9. The number of urea groups is 1. The Morgan fingerprint density at radius 1 is 1.03 bits per heavy atom. The summed E-state index contributed by atoms with van der Waals surface area (Å²) in [6, 6.07) is 17.2. The second-order valence-corrected chi connectivity index (χ2v) is 11.8. The molecule has 1 fully saturated rings. The van der Waals surface area contributed by atoms with Gasteiger partial charge in [-0.2, -0.15) is 0 Å². The first-order valence-corrected chi connectivity index (χ1v) is 14.6. The SMILES string of the molecule is CC(C)C[C@H](NC(=O)N1CCNCC1)C(=O)N[C@H](CC=S(=O)(O)c1ccccc1)CCc1ccccc1. The van der Waals surface area contributed by atoms with Gasteiger partial charge in [-0.3, -0.25) is 4.79 Å². The van der Waals surface area contributed by atoms with Gasteiger partial charge in [-0.25, -0.2) is 9.00 Å². The maximum Gasteiger partial charge on any atom is 0.318 e. The van der Waals surface area contributed by atoms with Crippen LogP contribution in [0.4, 0.5) is 4.79 Å². The molecule has 202 valence electrons. The van der Waals surface area contributed by atoms with Crippen LogP contribution in [0.1, 0.15) is 38.7 Å².